The molecule has 1 aromatic rings. The summed E-state index contributed by atoms with van der Waals surface area (Å²) in [5.74, 6) is 1.78. The highest BCUT2D eigenvalue weighted by Gasteiger charge is 2.17. The number of benzene rings is 1. The van der Waals surface area contributed by atoms with Crippen LogP contribution in [0.25, 0.3) is 0 Å². The smallest absolute Gasteiger partial charge is 0.165 e. The standard InChI is InChI=1S/C16H25NO2S/c1-13(20-3)8-10-17-9-5-11-19-16-14(12-17)6-4-7-15(16)18-2/h4,6-7,13H,5,8-12H2,1-3H3/t13-/m0/s1. The van der Waals surface area contributed by atoms with Gasteiger partial charge in [0, 0.05) is 23.9 Å². The van der Waals surface area contributed by atoms with Crippen LogP contribution in [0.4, 0.5) is 0 Å². The van der Waals surface area contributed by atoms with Gasteiger partial charge in [-0.15, -0.1) is 0 Å². The monoisotopic (exact) mass is 295 g/mol. The molecule has 0 aliphatic carbocycles. The quantitative estimate of drug-likeness (QED) is 0.829. The van der Waals surface area contributed by atoms with E-state index in [-0.39, 0.29) is 0 Å². The highest BCUT2D eigenvalue weighted by molar-refractivity contribution is 7.99. The molecule has 0 radical (unpaired) electrons. The summed E-state index contributed by atoms with van der Waals surface area (Å²) in [5.41, 5.74) is 1.24. The number of nitrogens with zero attached hydrogens (tertiary/aromatic N) is 1. The van der Waals surface area contributed by atoms with E-state index in [1.54, 1.807) is 7.11 Å². The molecule has 0 amide bonds. The van der Waals surface area contributed by atoms with Crippen molar-refractivity contribution in [1.29, 1.82) is 0 Å². The molecule has 4 heteroatoms. The van der Waals surface area contributed by atoms with Crippen LogP contribution in [-0.4, -0.2) is 43.2 Å². The van der Waals surface area contributed by atoms with E-state index in [1.807, 2.05) is 23.9 Å². The largest absolute Gasteiger partial charge is 0.493 e. The maximum Gasteiger partial charge on any atom is 0.165 e. The Bertz CT molecular complexity index is 425. The molecule has 20 heavy (non-hydrogen) atoms. The highest BCUT2D eigenvalue weighted by Crippen LogP contribution is 2.33. The van der Waals surface area contributed by atoms with Gasteiger partial charge in [-0.25, -0.2) is 0 Å². The van der Waals surface area contributed by atoms with Crippen LogP contribution < -0.4 is 9.47 Å². The van der Waals surface area contributed by atoms with Crippen molar-refractivity contribution in [2.45, 2.75) is 31.6 Å². The van der Waals surface area contributed by atoms with Gasteiger partial charge in [-0.2, -0.15) is 11.8 Å². The van der Waals surface area contributed by atoms with Crippen LogP contribution >= 0.6 is 11.8 Å². The van der Waals surface area contributed by atoms with Gasteiger partial charge < -0.3 is 9.47 Å². The number of hydrogen-bond donors (Lipinski definition) is 0. The lowest BCUT2D eigenvalue weighted by Crippen LogP contribution is -2.30. The lowest BCUT2D eigenvalue weighted by molar-refractivity contribution is 0.199. The van der Waals surface area contributed by atoms with E-state index in [1.165, 1.54) is 12.0 Å². The van der Waals surface area contributed by atoms with E-state index in [0.717, 1.165) is 49.4 Å². The van der Waals surface area contributed by atoms with Gasteiger partial charge in [-0.05, 0) is 31.7 Å². The van der Waals surface area contributed by atoms with Crippen molar-refractivity contribution in [2.75, 3.05) is 33.1 Å². The molecule has 0 bridgehead atoms. The van der Waals surface area contributed by atoms with Gasteiger partial charge in [0.2, 0.25) is 0 Å². The Labute approximate surface area is 126 Å². The highest BCUT2D eigenvalue weighted by atomic mass is 32.2. The first-order valence-electron chi connectivity index (χ1n) is 7.28. The topological polar surface area (TPSA) is 21.7 Å². The Morgan fingerprint density at radius 2 is 2.30 bits per heavy atom. The number of fused-ring (bicyclic) bond motifs is 1. The van der Waals surface area contributed by atoms with E-state index in [9.17, 15) is 0 Å². The zero-order valence-corrected chi connectivity index (χ0v) is 13.5. The molecule has 1 atom stereocenters. The van der Waals surface area contributed by atoms with Crippen molar-refractivity contribution in [3.8, 4) is 11.5 Å². The van der Waals surface area contributed by atoms with Crippen LogP contribution in [0.15, 0.2) is 18.2 Å². The second-order valence-electron chi connectivity index (χ2n) is 5.26. The third kappa shape index (κ3) is 4.06. The Kier molecular flexibility index (Phi) is 6.05. The average molecular weight is 295 g/mol. The molecule has 0 aromatic heterocycles. The summed E-state index contributed by atoms with van der Waals surface area (Å²) >= 11 is 1.94. The second kappa shape index (κ2) is 7.79. The van der Waals surface area contributed by atoms with Gasteiger partial charge >= 0.3 is 0 Å². The van der Waals surface area contributed by atoms with Crippen molar-refractivity contribution in [2.24, 2.45) is 0 Å². The molecule has 1 aliphatic heterocycles. The van der Waals surface area contributed by atoms with E-state index in [0.29, 0.717) is 0 Å². The minimum Gasteiger partial charge on any atom is -0.493 e. The zero-order valence-electron chi connectivity index (χ0n) is 12.7. The Morgan fingerprint density at radius 1 is 1.45 bits per heavy atom. The summed E-state index contributed by atoms with van der Waals surface area (Å²) in [7, 11) is 1.70. The third-order valence-corrected chi connectivity index (χ3v) is 4.83. The first kappa shape index (κ1) is 15.5. The van der Waals surface area contributed by atoms with E-state index in [2.05, 4.69) is 24.1 Å². The van der Waals surface area contributed by atoms with Gasteiger partial charge in [-0.3, -0.25) is 4.90 Å². The fraction of sp³-hybridized carbons (Fsp3) is 0.625. The fourth-order valence-electron chi connectivity index (χ4n) is 2.47. The van der Waals surface area contributed by atoms with Crippen molar-refractivity contribution < 1.29 is 9.47 Å². The van der Waals surface area contributed by atoms with Gasteiger partial charge in [0.05, 0.1) is 13.7 Å². The molecule has 0 N–H and O–H groups in total. The maximum atomic E-state index is 5.89. The predicted octanol–water partition coefficient (Wildman–Crippen LogP) is 3.42. The molecule has 3 nitrogen and oxygen atoms in total. The molecular weight excluding hydrogens is 270 g/mol. The molecule has 0 unspecified atom stereocenters. The predicted molar refractivity (Wildman–Crippen MR) is 86.0 cm³/mol. The van der Waals surface area contributed by atoms with Crippen molar-refractivity contribution in [3.63, 3.8) is 0 Å². The van der Waals surface area contributed by atoms with Crippen LogP contribution in [0.2, 0.25) is 0 Å². The molecule has 0 saturated heterocycles. The Morgan fingerprint density at radius 3 is 3.05 bits per heavy atom. The molecule has 1 aliphatic rings. The number of ether oxygens (including phenoxy) is 2. The second-order valence-corrected chi connectivity index (χ2v) is 6.54. The van der Waals surface area contributed by atoms with Gasteiger partial charge in [0.25, 0.3) is 0 Å². The Hall–Kier alpha value is -0.870. The van der Waals surface area contributed by atoms with Crippen molar-refractivity contribution in [1.82, 2.24) is 4.90 Å². The molecule has 1 aromatic carbocycles. The number of para-hydroxylation sites is 1. The van der Waals surface area contributed by atoms with Crippen LogP contribution in [0.1, 0.15) is 25.3 Å². The van der Waals surface area contributed by atoms with Crippen LogP contribution in [0.3, 0.4) is 0 Å². The van der Waals surface area contributed by atoms with E-state index >= 15 is 0 Å². The first-order chi connectivity index (χ1) is 9.74. The van der Waals surface area contributed by atoms with E-state index < -0.39 is 0 Å². The normalized spacial score (nSPS) is 17.6. The molecule has 2 rings (SSSR count). The van der Waals surface area contributed by atoms with Crippen molar-refractivity contribution in [3.05, 3.63) is 23.8 Å². The summed E-state index contributed by atoms with van der Waals surface area (Å²) in [6.07, 6.45) is 4.50. The summed E-state index contributed by atoms with van der Waals surface area (Å²) < 4.78 is 11.3. The number of hydrogen-bond acceptors (Lipinski definition) is 4. The molecule has 0 saturated carbocycles. The lowest BCUT2D eigenvalue weighted by atomic mass is 10.1. The number of thioether (sulfide) groups is 1. The summed E-state index contributed by atoms with van der Waals surface area (Å²) in [4.78, 5) is 2.54. The minimum atomic E-state index is 0.724. The first-order valence-corrected chi connectivity index (χ1v) is 8.57. The molecule has 1 heterocycles. The van der Waals surface area contributed by atoms with E-state index in [4.69, 9.17) is 9.47 Å². The van der Waals surface area contributed by atoms with Crippen LogP contribution in [0.5, 0.6) is 11.5 Å². The van der Waals surface area contributed by atoms with Crippen molar-refractivity contribution >= 4 is 11.8 Å². The SMILES string of the molecule is COc1cccc2c1OCCCN(CC[C@H](C)SC)C2. The third-order valence-electron chi connectivity index (χ3n) is 3.79. The van der Waals surface area contributed by atoms with Gasteiger partial charge in [-0.1, -0.05) is 19.1 Å². The van der Waals surface area contributed by atoms with Crippen LogP contribution in [0, 0.1) is 0 Å². The minimum absolute atomic E-state index is 0.724. The average Bonchev–Trinajstić information content (AvgIpc) is 2.45. The zero-order chi connectivity index (χ0) is 14.4. The van der Waals surface area contributed by atoms with Gasteiger partial charge in [0.15, 0.2) is 11.5 Å². The number of methoxy groups -OCH3 is 1. The molecule has 0 spiro atoms. The molecule has 112 valence electrons. The summed E-state index contributed by atoms with van der Waals surface area (Å²) in [6.45, 7) is 6.28. The van der Waals surface area contributed by atoms with Gasteiger partial charge in [0.1, 0.15) is 0 Å². The maximum absolute atomic E-state index is 5.89. The van der Waals surface area contributed by atoms with Crippen LogP contribution in [-0.2, 0) is 6.54 Å². The molecule has 0 fully saturated rings. The Balaban J connectivity index is 2.08. The molecular formula is C16H25NO2S. The lowest BCUT2D eigenvalue weighted by Gasteiger charge is -2.27. The summed E-state index contributed by atoms with van der Waals surface area (Å²) in [5, 5.41) is 0.724. The number of rotatable bonds is 5. The fourth-order valence-corrected chi connectivity index (χ4v) is 2.81. The summed E-state index contributed by atoms with van der Waals surface area (Å²) in [6, 6.07) is 6.17.